The van der Waals surface area contributed by atoms with E-state index in [0.717, 1.165) is 0 Å². The van der Waals surface area contributed by atoms with Gasteiger partial charge in [0, 0.05) is 6.54 Å². The van der Waals surface area contributed by atoms with Crippen LogP contribution in [0.2, 0.25) is 0 Å². The minimum atomic E-state index is -3.60. The molecule has 0 fully saturated rings. The molecule has 3 N–H and O–H groups in total. The van der Waals surface area contributed by atoms with Crippen LogP contribution >= 0.6 is 0 Å². The van der Waals surface area contributed by atoms with Gasteiger partial charge in [-0.25, -0.2) is 13.1 Å². The Kier molecular flexibility index (Phi) is 4.43. The third kappa shape index (κ3) is 3.03. The maximum atomic E-state index is 11.8. The molecule has 0 aliphatic rings. The van der Waals surface area contributed by atoms with E-state index in [0.29, 0.717) is 13.0 Å². The number of sulfonamides is 1. The molecule has 0 spiro atoms. The third-order valence-electron chi connectivity index (χ3n) is 1.97. The van der Waals surface area contributed by atoms with Gasteiger partial charge in [0.2, 0.25) is 10.0 Å². The largest absolute Gasteiger partial charge is 0.330 e. The summed E-state index contributed by atoms with van der Waals surface area (Å²) in [5.74, 6) is 0. The van der Waals surface area contributed by atoms with Crippen molar-refractivity contribution in [3.05, 3.63) is 29.8 Å². The van der Waals surface area contributed by atoms with Crippen molar-refractivity contribution >= 4 is 10.0 Å². The molecule has 0 heterocycles. The van der Waals surface area contributed by atoms with Crippen molar-refractivity contribution in [3.63, 3.8) is 0 Å². The number of nitrogens with zero attached hydrogens (tertiary/aromatic N) is 1. The van der Waals surface area contributed by atoms with E-state index in [4.69, 9.17) is 11.0 Å². The van der Waals surface area contributed by atoms with Gasteiger partial charge in [0.25, 0.3) is 0 Å². The summed E-state index contributed by atoms with van der Waals surface area (Å²) in [5, 5.41) is 8.79. The summed E-state index contributed by atoms with van der Waals surface area (Å²) in [4.78, 5) is 0.00882. The van der Waals surface area contributed by atoms with Gasteiger partial charge in [-0.15, -0.1) is 0 Å². The number of hydrogen-bond acceptors (Lipinski definition) is 4. The SMILES string of the molecule is N#Cc1ccccc1S(=O)(=O)NCCCN. The molecule has 1 rings (SSSR count). The van der Waals surface area contributed by atoms with E-state index in [-0.39, 0.29) is 17.0 Å². The zero-order valence-electron chi connectivity index (χ0n) is 8.68. The number of rotatable bonds is 5. The van der Waals surface area contributed by atoms with Gasteiger partial charge in [-0.2, -0.15) is 5.26 Å². The Morgan fingerprint density at radius 3 is 2.69 bits per heavy atom. The van der Waals surface area contributed by atoms with Crippen LogP contribution in [0.1, 0.15) is 12.0 Å². The van der Waals surface area contributed by atoms with Crippen molar-refractivity contribution in [1.29, 1.82) is 5.26 Å². The zero-order chi connectivity index (χ0) is 12.0. The van der Waals surface area contributed by atoms with Crippen LogP contribution in [0.4, 0.5) is 0 Å². The Balaban J connectivity index is 2.95. The molecule has 0 saturated heterocycles. The molecule has 0 bridgehead atoms. The van der Waals surface area contributed by atoms with Crippen LogP contribution in [0.3, 0.4) is 0 Å². The van der Waals surface area contributed by atoms with E-state index in [1.54, 1.807) is 12.1 Å². The predicted molar refractivity (Wildman–Crippen MR) is 60.0 cm³/mol. The molecule has 0 aliphatic carbocycles. The molecule has 16 heavy (non-hydrogen) atoms. The van der Waals surface area contributed by atoms with Crippen LogP contribution in [-0.4, -0.2) is 21.5 Å². The van der Waals surface area contributed by atoms with Crippen LogP contribution in [0, 0.1) is 11.3 Å². The molecule has 0 saturated carbocycles. The lowest BCUT2D eigenvalue weighted by Gasteiger charge is -2.06. The summed E-state index contributed by atoms with van der Waals surface area (Å²) >= 11 is 0. The molecule has 0 unspecified atom stereocenters. The molecule has 86 valence electrons. The summed E-state index contributed by atoms with van der Waals surface area (Å²) in [6.07, 6.45) is 0.563. The number of nitriles is 1. The fourth-order valence-electron chi connectivity index (χ4n) is 1.18. The monoisotopic (exact) mass is 239 g/mol. The number of nitrogens with two attached hydrogens (primary N) is 1. The topological polar surface area (TPSA) is 96.0 Å². The van der Waals surface area contributed by atoms with Crippen LogP contribution in [0.25, 0.3) is 0 Å². The molecule has 0 aliphatic heterocycles. The van der Waals surface area contributed by atoms with Crippen LogP contribution < -0.4 is 10.5 Å². The normalized spacial score (nSPS) is 11.0. The molecular weight excluding hydrogens is 226 g/mol. The summed E-state index contributed by atoms with van der Waals surface area (Å²) in [6.45, 7) is 0.695. The second-order valence-electron chi connectivity index (χ2n) is 3.15. The van der Waals surface area contributed by atoms with Crippen LogP contribution in [0.15, 0.2) is 29.2 Å². The highest BCUT2D eigenvalue weighted by Gasteiger charge is 2.16. The summed E-state index contributed by atoms with van der Waals surface area (Å²) in [7, 11) is -3.60. The highest BCUT2D eigenvalue weighted by molar-refractivity contribution is 7.89. The average molecular weight is 239 g/mol. The maximum Gasteiger partial charge on any atom is 0.241 e. The maximum absolute atomic E-state index is 11.8. The quantitative estimate of drug-likeness (QED) is 0.717. The van der Waals surface area contributed by atoms with Crippen molar-refractivity contribution in [3.8, 4) is 6.07 Å². The fraction of sp³-hybridized carbons (Fsp3) is 0.300. The highest BCUT2D eigenvalue weighted by atomic mass is 32.2. The average Bonchev–Trinajstić information content (AvgIpc) is 2.29. The molecule has 5 nitrogen and oxygen atoms in total. The lowest BCUT2D eigenvalue weighted by atomic mass is 10.2. The summed E-state index contributed by atoms with van der Waals surface area (Å²) in [5.41, 5.74) is 5.41. The molecular formula is C10H13N3O2S. The van der Waals surface area contributed by atoms with Gasteiger partial charge in [0.05, 0.1) is 10.5 Å². The van der Waals surface area contributed by atoms with Gasteiger partial charge in [-0.3, -0.25) is 0 Å². The Bertz CT molecular complexity index is 491. The Labute approximate surface area is 94.9 Å². The van der Waals surface area contributed by atoms with E-state index in [1.807, 2.05) is 6.07 Å². The van der Waals surface area contributed by atoms with Crippen molar-refractivity contribution in [2.24, 2.45) is 5.73 Å². The summed E-state index contributed by atoms with van der Waals surface area (Å²) in [6, 6.07) is 7.93. The number of nitrogens with one attached hydrogen (secondary N) is 1. The molecule has 1 aromatic rings. The van der Waals surface area contributed by atoms with E-state index < -0.39 is 10.0 Å². The van der Waals surface area contributed by atoms with Crippen molar-refractivity contribution in [2.45, 2.75) is 11.3 Å². The Morgan fingerprint density at radius 1 is 1.38 bits per heavy atom. The second-order valence-corrected chi connectivity index (χ2v) is 4.88. The lowest BCUT2D eigenvalue weighted by molar-refractivity contribution is 0.579. The Morgan fingerprint density at radius 2 is 2.06 bits per heavy atom. The van der Waals surface area contributed by atoms with Gasteiger partial charge in [-0.05, 0) is 25.1 Å². The molecule has 0 aromatic heterocycles. The standard InChI is InChI=1S/C10H13N3O2S/c11-6-3-7-13-16(14,15)10-5-2-1-4-9(10)8-12/h1-2,4-5,13H,3,6-7,11H2. The Hall–Kier alpha value is -1.42. The zero-order valence-corrected chi connectivity index (χ0v) is 9.50. The molecule has 6 heteroatoms. The van der Waals surface area contributed by atoms with E-state index >= 15 is 0 Å². The van der Waals surface area contributed by atoms with Crippen molar-refractivity contribution in [2.75, 3.05) is 13.1 Å². The predicted octanol–water partition coefficient (Wildman–Crippen LogP) is 0.185. The first-order chi connectivity index (χ1) is 7.61. The number of benzene rings is 1. The van der Waals surface area contributed by atoms with Crippen LogP contribution in [0.5, 0.6) is 0 Å². The lowest BCUT2D eigenvalue weighted by Crippen LogP contribution is -2.26. The number of hydrogen-bond donors (Lipinski definition) is 2. The third-order valence-corrected chi connectivity index (χ3v) is 3.49. The minimum absolute atomic E-state index is 0.00882. The minimum Gasteiger partial charge on any atom is -0.330 e. The fourth-order valence-corrected chi connectivity index (χ4v) is 2.41. The van der Waals surface area contributed by atoms with Crippen LogP contribution in [-0.2, 0) is 10.0 Å². The van der Waals surface area contributed by atoms with E-state index in [1.165, 1.54) is 12.1 Å². The first-order valence-electron chi connectivity index (χ1n) is 4.80. The highest BCUT2D eigenvalue weighted by Crippen LogP contribution is 2.13. The molecule has 1 aromatic carbocycles. The van der Waals surface area contributed by atoms with E-state index in [9.17, 15) is 8.42 Å². The van der Waals surface area contributed by atoms with Gasteiger partial charge in [0.1, 0.15) is 6.07 Å². The van der Waals surface area contributed by atoms with Gasteiger partial charge < -0.3 is 5.73 Å². The molecule has 0 radical (unpaired) electrons. The molecule has 0 amide bonds. The van der Waals surface area contributed by atoms with Gasteiger partial charge in [-0.1, -0.05) is 12.1 Å². The molecule has 0 atom stereocenters. The van der Waals surface area contributed by atoms with E-state index in [2.05, 4.69) is 4.72 Å². The first kappa shape index (κ1) is 12.6. The summed E-state index contributed by atoms with van der Waals surface area (Å²) < 4.78 is 26.0. The first-order valence-corrected chi connectivity index (χ1v) is 6.29. The smallest absolute Gasteiger partial charge is 0.241 e. The van der Waals surface area contributed by atoms with Crippen molar-refractivity contribution < 1.29 is 8.42 Å². The second kappa shape index (κ2) is 5.61. The van der Waals surface area contributed by atoms with Crippen molar-refractivity contribution in [1.82, 2.24) is 4.72 Å². The van der Waals surface area contributed by atoms with Gasteiger partial charge in [0.15, 0.2) is 0 Å². The van der Waals surface area contributed by atoms with Gasteiger partial charge >= 0.3 is 0 Å².